The third-order valence-corrected chi connectivity index (χ3v) is 11.9. The van der Waals surface area contributed by atoms with E-state index in [0.717, 1.165) is 5.56 Å². The molecule has 1 fully saturated rings. The summed E-state index contributed by atoms with van der Waals surface area (Å²) in [6.07, 6.45) is 0.204. The minimum Gasteiger partial charge on any atom is -0.408 e. The monoisotopic (exact) mass is 520 g/mol. The van der Waals surface area contributed by atoms with E-state index in [1.807, 2.05) is 24.3 Å². The van der Waals surface area contributed by atoms with Gasteiger partial charge in [0, 0.05) is 28.7 Å². The van der Waals surface area contributed by atoms with Gasteiger partial charge >= 0.3 is 0 Å². The SMILES string of the molecule is CC1(NC(=O)c2cccc(Cl)c2)CCN(CC(O[Si](C)(C)C(C)(C)C)c2cccc(Cl)c2)C1=O. The molecule has 3 rings (SSSR count). The van der Waals surface area contributed by atoms with Gasteiger partial charge in [0.2, 0.25) is 5.91 Å². The predicted octanol–water partition coefficient (Wildman–Crippen LogP) is 6.48. The molecule has 0 saturated carbocycles. The van der Waals surface area contributed by atoms with Gasteiger partial charge in [0.15, 0.2) is 8.32 Å². The van der Waals surface area contributed by atoms with E-state index in [4.69, 9.17) is 27.6 Å². The Balaban J connectivity index is 1.80. The molecule has 2 amide bonds. The van der Waals surface area contributed by atoms with Crippen LogP contribution in [0.15, 0.2) is 48.5 Å². The van der Waals surface area contributed by atoms with E-state index in [0.29, 0.717) is 35.1 Å². The fraction of sp³-hybridized carbons (Fsp3) is 0.462. The maximum Gasteiger partial charge on any atom is 0.252 e. The molecule has 0 aliphatic carbocycles. The van der Waals surface area contributed by atoms with Crippen molar-refractivity contribution in [1.82, 2.24) is 10.2 Å². The molecule has 2 aromatic rings. The molecule has 2 aromatic carbocycles. The average molecular weight is 522 g/mol. The molecule has 34 heavy (non-hydrogen) atoms. The van der Waals surface area contributed by atoms with Crippen LogP contribution in [0.5, 0.6) is 0 Å². The quantitative estimate of drug-likeness (QED) is 0.425. The highest BCUT2D eigenvalue weighted by atomic mass is 35.5. The standard InChI is InChI=1S/C26H34Cl2N2O3Si/c1-25(2,3)34(5,6)33-22(18-9-7-11-20(27)15-18)17-30-14-13-26(4,24(30)32)29-23(31)19-10-8-12-21(28)16-19/h7-12,15-16,22H,13-14,17H2,1-6H3,(H,29,31). The Morgan fingerprint density at radius 2 is 1.76 bits per heavy atom. The Labute approximate surface area is 213 Å². The zero-order valence-electron chi connectivity index (χ0n) is 20.7. The van der Waals surface area contributed by atoms with Gasteiger partial charge in [0.05, 0.1) is 6.10 Å². The summed E-state index contributed by atoms with van der Waals surface area (Å²) in [6, 6.07) is 14.3. The van der Waals surface area contributed by atoms with Crippen LogP contribution in [0, 0.1) is 0 Å². The summed E-state index contributed by atoms with van der Waals surface area (Å²) >= 11 is 12.3. The minimum absolute atomic E-state index is 0.0122. The number of benzene rings is 2. The van der Waals surface area contributed by atoms with Gasteiger partial charge in [-0.2, -0.15) is 0 Å². The van der Waals surface area contributed by atoms with Gasteiger partial charge in [-0.15, -0.1) is 0 Å². The molecule has 1 aliphatic heterocycles. The van der Waals surface area contributed by atoms with Crippen LogP contribution >= 0.6 is 23.2 Å². The predicted molar refractivity (Wildman–Crippen MR) is 141 cm³/mol. The van der Waals surface area contributed by atoms with Crippen LogP contribution in [0.4, 0.5) is 0 Å². The number of amides is 2. The Hall–Kier alpha value is -1.86. The van der Waals surface area contributed by atoms with Gasteiger partial charge in [-0.1, -0.05) is 62.2 Å². The molecule has 184 valence electrons. The lowest BCUT2D eigenvalue weighted by Crippen LogP contribution is -2.52. The summed E-state index contributed by atoms with van der Waals surface area (Å²) in [5.74, 6) is -0.433. The van der Waals surface area contributed by atoms with E-state index in [1.54, 1.807) is 36.1 Å². The van der Waals surface area contributed by atoms with Gasteiger partial charge < -0.3 is 14.6 Å². The molecule has 0 bridgehead atoms. The smallest absolute Gasteiger partial charge is 0.252 e. The highest BCUT2D eigenvalue weighted by molar-refractivity contribution is 6.74. The first-order chi connectivity index (χ1) is 15.7. The zero-order chi connectivity index (χ0) is 25.3. The van der Waals surface area contributed by atoms with E-state index >= 15 is 0 Å². The Bertz CT molecular complexity index is 1070. The van der Waals surface area contributed by atoms with Gasteiger partial charge in [0.1, 0.15) is 5.54 Å². The lowest BCUT2D eigenvalue weighted by molar-refractivity contribution is -0.133. The maximum atomic E-state index is 13.5. The van der Waals surface area contributed by atoms with E-state index < -0.39 is 13.9 Å². The maximum absolute atomic E-state index is 13.5. The van der Waals surface area contributed by atoms with Crippen molar-refractivity contribution in [2.24, 2.45) is 0 Å². The number of carbonyl (C=O) groups excluding carboxylic acids is 2. The normalized spacial score (nSPS) is 19.9. The molecule has 8 heteroatoms. The van der Waals surface area contributed by atoms with Crippen LogP contribution in [0.25, 0.3) is 0 Å². The van der Waals surface area contributed by atoms with Crippen molar-refractivity contribution in [1.29, 1.82) is 0 Å². The average Bonchev–Trinajstić information content (AvgIpc) is 3.00. The summed E-state index contributed by atoms with van der Waals surface area (Å²) in [4.78, 5) is 28.1. The number of nitrogens with zero attached hydrogens (tertiary/aromatic N) is 1. The fourth-order valence-electron chi connectivity index (χ4n) is 3.81. The first-order valence-corrected chi connectivity index (χ1v) is 15.2. The molecule has 5 nitrogen and oxygen atoms in total. The first kappa shape index (κ1) is 26.7. The van der Waals surface area contributed by atoms with Crippen molar-refractivity contribution in [2.45, 2.75) is 63.9 Å². The van der Waals surface area contributed by atoms with Crippen molar-refractivity contribution < 1.29 is 14.0 Å². The van der Waals surface area contributed by atoms with Gasteiger partial charge in [0.25, 0.3) is 5.91 Å². The second-order valence-corrected chi connectivity index (χ2v) is 16.3. The number of rotatable bonds is 7. The lowest BCUT2D eigenvalue weighted by atomic mass is 10.00. The molecule has 2 unspecified atom stereocenters. The minimum atomic E-state index is -2.14. The summed E-state index contributed by atoms with van der Waals surface area (Å²) in [5.41, 5.74) is 0.384. The molecular formula is C26H34Cl2N2O3Si. The molecule has 1 N–H and O–H groups in total. The van der Waals surface area contributed by atoms with Crippen molar-refractivity contribution >= 4 is 43.3 Å². The van der Waals surface area contributed by atoms with Crippen LogP contribution in [0.2, 0.25) is 28.2 Å². The van der Waals surface area contributed by atoms with Gasteiger partial charge in [-0.25, -0.2) is 0 Å². The van der Waals surface area contributed by atoms with Crippen LogP contribution < -0.4 is 5.32 Å². The summed E-state index contributed by atoms with van der Waals surface area (Å²) in [5, 5.41) is 4.05. The summed E-state index contributed by atoms with van der Waals surface area (Å²) in [7, 11) is -2.14. The van der Waals surface area contributed by atoms with E-state index in [2.05, 4.69) is 39.2 Å². The Morgan fingerprint density at radius 1 is 1.15 bits per heavy atom. The molecule has 0 spiro atoms. The second kappa shape index (κ2) is 10.0. The number of nitrogens with one attached hydrogen (secondary N) is 1. The first-order valence-electron chi connectivity index (χ1n) is 11.5. The van der Waals surface area contributed by atoms with Gasteiger partial charge in [-0.05, 0) is 67.4 Å². The lowest BCUT2D eigenvalue weighted by Gasteiger charge is -2.40. The molecule has 1 heterocycles. The van der Waals surface area contributed by atoms with Crippen molar-refractivity contribution in [3.05, 3.63) is 69.7 Å². The topological polar surface area (TPSA) is 58.6 Å². The van der Waals surface area contributed by atoms with Crippen LogP contribution in [0.1, 0.15) is 56.1 Å². The van der Waals surface area contributed by atoms with Crippen molar-refractivity contribution in [2.75, 3.05) is 13.1 Å². The molecule has 2 atom stereocenters. The molecule has 1 saturated heterocycles. The van der Waals surface area contributed by atoms with E-state index in [9.17, 15) is 9.59 Å². The highest BCUT2D eigenvalue weighted by Crippen LogP contribution is 2.40. The van der Waals surface area contributed by atoms with Crippen LogP contribution in [-0.4, -0.2) is 43.7 Å². The highest BCUT2D eigenvalue weighted by Gasteiger charge is 2.46. The molecule has 0 radical (unpaired) electrons. The second-order valence-electron chi connectivity index (χ2n) is 10.7. The number of halogens is 2. The fourth-order valence-corrected chi connectivity index (χ4v) is 5.47. The van der Waals surface area contributed by atoms with E-state index in [-0.39, 0.29) is 23.0 Å². The van der Waals surface area contributed by atoms with Crippen molar-refractivity contribution in [3.8, 4) is 0 Å². The Kier molecular flexibility index (Phi) is 7.88. The van der Waals surface area contributed by atoms with Crippen LogP contribution in [-0.2, 0) is 9.22 Å². The summed E-state index contributed by atoms with van der Waals surface area (Å²) in [6.45, 7) is 13.7. The number of hydrogen-bond donors (Lipinski definition) is 1. The number of likely N-dealkylation sites (tertiary alicyclic amines) is 1. The van der Waals surface area contributed by atoms with Gasteiger partial charge in [-0.3, -0.25) is 9.59 Å². The summed E-state index contributed by atoms with van der Waals surface area (Å²) < 4.78 is 6.77. The third-order valence-electron chi connectivity index (χ3n) is 6.97. The number of carbonyl (C=O) groups is 2. The third kappa shape index (κ3) is 6.03. The largest absolute Gasteiger partial charge is 0.408 e. The molecular weight excluding hydrogens is 487 g/mol. The molecule has 1 aliphatic rings. The zero-order valence-corrected chi connectivity index (χ0v) is 23.3. The van der Waals surface area contributed by atoms with E-state index in [1.165, 1.54) is 0 Å². The Morgan fingerprint density at radius 3 is 2.35 bits per heavy atom. The molecule has 0 aromatic heterocycles. The number of hydrogen-bond acceptors (Lipinski definition) is 3. The van der Waals surface area contributed by atoms with Crippen molar-refractivity contribution in [3.63, 3.8) is 0 Å². The van der Waals surface area contributed by atoms with Crippen LogP contribution in [0.3, 0.4) is 0 Å².